The maximum atomic E-state index is 4.90. The van der Waals surface area contributed by atoms with E-state index in [0.717, 1.165) is 4.90 Å². The van der Waals surface area contributed by atoms with Gasteiger partial charge in [0.1, 0.15) is 0 Å². The second kappa shape index (κ2) is 12.6. The van der Waals surface area contributed by atoms with Gasteiger partial charge in [-0.25, -0.2) is 6.07 Å². The molecule has 0 amide bonds. The van der Waals surface area contributed by atoms with Crippen molar-refractivity contribution in [2.75, 3.05) is 0 Å². The summed E-state index contributed by atoms with van der Waals surface area (Å²) in [5.41, 5.74) is 2.43. The van der Waals surface area contributed by atoms with E-state index in [1.807, 2.05) is 79.9 Å². The first-order chi connectivity index (χ1) is 9.68. The molecule has 0 aliphatic heterocycles. The Kier molecular flexibility index (Phi) is 11.9. The van der Waals surface area contributed by atoms with Crippen molar-refractivity contribution in [3.8, 4) is 0 Å². The zero-order valence-corrected chi connectivity index (χ0v) is 14.6. The summed E-state index contributed by atoms with van der Waals surface area (Å²) in [5, 5.41) is 4.89. The summed E-state index contributed by atoms with van der Waals surface area (Å²) in [4.78, 5) is 0.921. The van der Waals surface area contributed by atoms with Gasteiger partial charge < -0.3 is 24.0 Å². The van der Waals surface area contributed by atoms with E-state index in [-0.39, 0.29) is 16.5 Å². The molecule has 0 nitrogen and oxygen atoms in total. The summed E-state index contributed by atoms with van der Waals surface area (Å²) in [6.07, 6.45) is 0. The maximum Gasteiger partial charge on any atom is 0 e. The summed E-state index contributed by atoms with van der Waals surface area (Å²) >= 11 is 6.49. The Morgan fingerprint density at radius 1 is 0.952 bits per heavy atom. The normalized spacial score (nSPS) is 8.29. The fourth-order valence-electron chi connectivity index (χ4n) is 1.29. The van der Waals surface area contributed by atoms with Gasteiger partial charge in [-0.15, -0.1) is 5.38 Å². The molecule has 0 spiro atoms. The zero-order chi connectivity index (χ0) is 14.6. The van der Waals surface area contributed by atoms with E-state index in [4.69, 9.17) is 12.6 Å². The Balaban J connectivity index is 0.000000286. The fraction of sp³-hybridized carbons (Fsp3) is 0.111. The molecular formula is C18H17NiS2-3. The topological polar surface area (TPSA) is 0 Å². The molecule has 0 saturated heterocycles. The molecule has 0 aliphatic carbocycles. The van der Waals surface area contributed by atoms with E-state index in [9.17, 15) is 0 Å². The van der Waals surface area contributed by atoms with Crippen LogP contribution in [-0.2, 0) is 29.1 Å². The zero-order valence-electron chi connectivity index (χ0n) is 12.0. The van der Waals surface area contributed by atoms with E-state index in [1.54, 1.807) is 11.3 Å². The molecule has 0 N–H and O–H groups in total. The van der Waals surface area contributed by atoms with Gasteiger partial charge in [-0.05, 0) is 6.92 Å². The summed E-state index contributed by atoms with van der Waals surface area (Å²) in [6.45, 7) is 4.07. The largest absolute Gasteiger partial charge is 0.780 e. The molecule has 0 bridgehead atoms. The molecule has 0 radical (unpaired) electrons. The predicted molar refractivity (Wildman–Crippen MR) is 90.0 cm³/mol. The average molecular weight is 356 g/mol. The van der Waals surface area contributed by atoms with Gasteiger partial charge in [-0.1, -0.05) is 36.8 Å². The first-order valence-corrected chi connectivity index (χ1v) is 7.54. The second-order valence-corrected chi connectivity index (χ2v) is 5.31. The molecule has 21 heavy (non-hydrogen) atoms. The summed E-state index contributed by atoms with van der Waals surface area (Å²) in [5.74, 6) is 0. The van der Waals surface area contributed by atoms with Crippen LogP contribution in [0.4, 0.5) is 0 Å². The van der Waals surface area contributed by atoms with Crippen molar-refractivity contribution < 1.29 is 16.5 Å². The van der Waals surface area contributed by atoms with E-state index in [1.165, 1.54) is 11.1 Å². The Labute approximate surface area is 147 Å². The van der Waals surface area contributed by atoms with Crippen LogP contribution in [0.5, 0.6) is 0 Å². The quantitative estimate of drug-likeness (QED) is 0.302. The van der Waals surface area contributed by atoms with E-state index >= 15 is 0 Å². The molecular weight excluding hydrogens is 339 g/mol. The number of thiophene rings is 1. The number of benzene rings is 2. The standard InChI is InChI=1S/C7H8S.C7H7.C4H3S.Ni/c1-6-3-2-4-7(8)5-6;1-7-5-3-2-4-6-7;1-2-4-5-3-1;/h2-5,8H,1H3;2-5H,1H3;1-3H;/q;2*-1;/p-1. The van der Waals surface area contributed by atoms with Crippen LogP contribution in [0.3, 0.4) is 0 Å². The Hall–Kier alpha value is -1.15. The molecule has 0 atom stereocenters. The van der Waals surface area contributed by atoms with Gasteiger partial charge in [-0.3, -0.25) is 0 Å². The van der Waals surface area contributed by atoms with Gasteiger partial charge in [0.15, 0.2) is 0 Å². The third kappa shape index (κ3) is 11.2. The maximum absolute atomic E-state index is 4.90. The van der Waals surface area contributed by atoms with Crippen molar-refractivity contribution >= 4 is 24.0 Å². The minimum absolute atomic E-state index is 0. The van der Waals surface area contributed by atoms with E-state index in [2.05, 4.69) is 11.4 Å². The summed E-state index contributed by atoms with van der Waals surface area (Å²) < 4.78 is 0. The fourth-order valence-corrected chi connectivity index (χ4v) is 1.95. The number of rotatable bonds is 0. The molecule has 114 valence electrons. The number of hydrogen-bond donors (Lipinski definition) is 0. The van der Waals surface area contributed by atoms with E-state index < -0.39 is 0 Å². The van der Waals surface area contributed by atoms with Crippen LogP contribution in [0, 0.1) is 25.3 Å². The van der Waals surface area contributed by atoms with Gasteiger partial charge in [0.25, 0.3) is 0 Å². The van der Waals surface area contributed by atoms with Gasteiger partial charge in [-0.2, -0.15) is 52.2 Å². The Morgan fingerprint density at radius 2 is 1.76 bits per heavy atom. The smallest absolute Gasteiger partial charge is 0 e. The van der Waals surface area contributed by atoms with Crippen molar-refractivity contribution in [1.29, 1.82) is 0 Å². The molecule has 3 aromatic rings. The molecule has 3 rings (SSSR count). The predicted octanol–water partition coefficient (Wildman–Crippen LogP) is 5.24. The van der Waals surface area contributed by atoms with Crippen LogP contribution in [0.15, 0.2) is 70.9 Å². The molecule has 1 heterocycles. The van der Waals surface area contributed by atoms with Crippen LogP contribution in [0.2, 0.25) is 0 Å². The molecule has 3 heteroatoms. The third-order valence-electron chi connectivity index (χ3n) is 2.23. The van der Waals surface area contributed by atoms with Crippen molar-refractivity contribution in [3.63, 3.8) is 0 Å². The van der Waals surface area contributed by atoms with E-state index in [0.29, 0.717) is 0 Å². The van der Waals surface area contributed by atoms with Crippen molar-refractivity contribution in [2.45, 2.75) is 18.7 Å². The molecule has 0 fully saturated rings. The average Bonchev–Trinajstić information content (AvgIpc) is 2.99. The van der Waals surface area contributed by atoms with Gasteiger partial charge in [0.05, 0.1) is 0 Å². The van der Waals surface area contributed by atoms with Crippen molar-refractivity contribution in [3.05, 3.63) is 88.6 Å². The summed E-state index contributed by atoms with van der Waals surface area (Å²) in [6, 6.07) is 22.7. The minimum atomic E-state index is 0. The number of aryl methyl sites for hydroxylation is 2. The number of hydrogen-bond acceptors (Lipinski definition) is 2. The van der Waals surface area contributed by atoms with Gasteiger partial charge >= 0.3 is 0 Å². The SMILES string of the molecule is Cc1[c-]cccc1.Cc1cccc([S-])c1.[Ni].[c-]1cccs1. The minimum Gasteiger partial charge on any atom is -0.780 e. The summed E-state index contributed by atoms with van der Waals surface area (Å²) in [7, 11) is 0. The van der Waals surface area contributed by atoms with Crippen LogP contribution >= 0.6 is 11.3 Å². The molecule has 2 aromatic carbocycles. The first-order valence-electron chi connectivity index (χ1n) is 6.25. The third-order valence-corrected chi connectivity index (χ3v) is 3.05. The molecule has 0 saturated carbocycles. The molecule has 0 aliphatic rings. The van der Waals surface area contributed by atoms with Gasteiger partial charge in [0, 0.05) is 16.5 Å². The Morgan fingerprint density at radius 3 is 2.05 bits per heavy atom. The van der Waals surface area contributed by atoms with Crippen LogP contribution in [0.1, 0.15) is 11.1 Å². The van der Waals surface area contributed by atoms with Gasteiger partial charge in [0.2, 0.25) is 0 Å². The molecule has 0 unspecified atom stereocenters. The van der Waals surface area contributed by atoms with Crippen LogP contribution in [0.25, 0.3) is 0 Å². The van der Waals surface area contributed by atoms with Crippen LogP contribution in [-0.4, -0.2) is 0 Å². The van der Waals surface area contributed by atoms with Crippen molar-refractivity contribution in [2.24, 2.45) is 0 Å². The second-order valence-electron chi connectivity index (χ2n) is 4.09. The first kappa shape index (κ1) is 19.9. The van der Waals surface area contributed by atoms with Crippen molar-refractivity contribution in [1.82, 2.24) is 0 Å². The Bertz CT molecular complexity index is 528. The van der Waals surface area contributed by atoms with Crippen LogP contribution < -0.4 is 0 Å². The molecule has 1 aromatic heterocycles. The monoisotopic (exact) mass is 355 g/mol.